The maximum Gasteiger partial charge on any atom is 0.311 e. The molecule has 6 heteroatoms. The van der Waals surface area contributed by atoms with Crippen molar-refractivity contribution in [3.63, 3.8) is 0 Å². The van der Waals surface area contributed by atoms with Crippen molar-refractivity contribution < 1.29 is 19.1 Å². The highest BCUT2D eigenvalue weighted by molar-refractivity contribution is 5.88. The number of likely N-dealkylation sites (tertiary alicyclic amines) is 1. The number of ether oxygens (including phenoxy) is 1. The van der Waals surface area contributed by atoms with E-state index in [9.17, 15) is 14.4 Å². The summed E-state index contributed by atoms with van der Waals surface area (Å²) < 4.78 is 5.18. The average molecular weight is 386 g/mol. The van der Waals surface area contributed by atoms with Crippen LogP contribution in [-0.4, -0.2) is 41.9 Å². The Bertz CT molecular complexity index is 706. The minimum Gasteiger partial charge on any atom is -0.455 e. The molecular weight excluding hydrogens is 356 g/mol. The van der Waals surface area contributed by atoms with Gasteiger partial charge in [-0.05, 0) is 23.8 Å². The lowest BCUT2D eigenvalue weighted by atomic mass is 9.77. The number of nitrogens with zero attached hydrogens (tertiary/aromatic N) is 1. The summed E-state index contributed by atoms with van der Waals surface area (Å²) in [6.07, 6.45) is 3.50. The van der Waals surface area contributed by atoms with Gasteiger partial charge in [-0.2, -0.15) is 0 Å². The quantitative estimate of drug-likeness (QED) is 0.763. The van der Waals surface area contributed by atoms with Crippen molar-refractivity contribution in [3.8, 4) is 0 Å². The highest BCUT2D eigenvalue weighted by Gasteiger charge is 2.42. The normalized spacial score (nSPS) is 27.5. The van der Waals surface area contributed by atoms with Crippen molar-refractivity contribution >= 4 is 17.8 Å². The zero-order valence-corrected chi connectivity index (χ0v) is 16.7. The second-order valence-corrected chi connectivity index (χ2v) is 8.15. The Morgan fingerprint density at radius 2 is 1.93 bits per heavy atom. The highest BCUT2D eigenvalue weighted by atomic mass is 16.5. The zero-order valence-electron chi connectivity index (χ0n) is 16.7. The van der Waals surface area contributed by atoms with Gasteiger partial charge < -0.3 is 15.0 Å². The first kappa shape index (κ1) is 20.4. The van der Waals surface area contributed by atoms with Crippen molar-refractivity contribution in [1.82, 2.24) is 10.2 Å². The third-order valence-corrected chi connectivity index (χ3v) is 6.23. The van der Waals surface area contributed by atoms with Gasteiger partial charge in [0, 0.05) is 25.6 Å². The summed E-state index contributed by atoms with van der Waals surface area (Å²) in [5.41, 5.74) is 0.982. The summed E-state index contributed by atoms with van der Waals surface area (Å²) in [5.74, 6) is -0.210. The number of carbonyl (C=O) groups excluding carboxylic acids is 3. The molecule has 1 N–H and O–H groups in total. The van der Waals surface area contributed by atoms with E-state index in [2.05, 4.69) is 19.2 Å². The average Bonchev–Trinajstić information content (AvgIpc) is 3.09. The van der Waals surface area contributed by atoms with Gasteiger partial charge in [-0.1, -0.05) is 57.0 Å². The van der Waals surface area contributed by atoms with Crippen LogP contribution in [0.2, 0.25) is 0 Å². The van der Waals surface area contributed by atoms with Crippen LogP contribution < -0.4 is 5.32 Å². The van der Waals surface area contributed by atoms with Crippen LogP contribution in [0.15, 0.2) is 30.3 Å². The van der Waals surface area contributed by atoms with Gasteiger partial charge in [0.2, 0.25) is 5.91 Å². The summed E-state index contributed by atoms with van der Waals surface area (Å²) in [7, 11) is 0. The van der Waals surface area contributed by atoms with Crippen LogP contribution in [0, 0.1) is 17.8 Å². The lowest BCUT2D eigenvalue weighted by Crippen LogP contribution is -2.45. The summed E-state index contributed by atoms with van der Waals surface area (Å²) in [6, 6.07) is 9.75. The van der Waals surface area contributed by atoms with Crippen molar-refractivity contribution in [2.45, 2.75) is 52.1 Å². The number of rotatable bonds is 6. The maximum absolute atomic E-state index is 12.5. The van der Waals surface area contributed by atoms with Gasteiger partial charge in [0.05, 0.1) is 5.92 Å². The van der Waals surface area contributed by atoms with Crippen molar-refractivity contribution in [3.05, 3.63) is 35.9 Å². The van der Waals surface area contributed by atoms with E-state index in [1.165, 1.54) is 6.42 Å². The Kier molecular flexibility index (Phi) is 6.70. The van der Waals surface area contributed by atoms with Gasteiger partial charge >= 0.3 is 5.97 Å². The number of benzene rings is 1. The minimum atomic E-state index is -0.473. The van der Waals surface area contributed by atoms with E-state index in [1.807, 2.05) is 35.2 Å². The van der Waals surface area contributed by atoms with Crippen molar-refractivity contribution in [2.75, 3.05) is 13.2 Å². The first-order valence-electron chi connectivity index (χ1n) is 10.2. The lowest BCUT2D eigenvalue weighted by molar-refractivity contribution is -0.152. The summed E-state index contributed by atoms with van der Waals surface area (Å²) >= 11 is 0. The van der Waals surface area contributed by atoms with E-state index in [4.69, 9.17) is 4.74 Å². The SMILES string of the molecule is C[C@H]1[C@H](N2C[C@H](C(=O)OCC(=O)NCc3ccccc3)CC2=O)CCC[C@@H]1C. The Balaban J connectivity index is 1.44. The minimum absolute atomic E-state index is 0.0291. The molecule has 0 aromatic heterocycles. The lowest BCUT2D eigenvalue weighted by Gasteiger charge is -2.39. The molecule has 2 amide bonds. The predicted molar refractivity (Wildman–Crippen MR) is 105 cm³/mol. The van der Waals surface area contributed by atoms with Crippen LogP contribution in [0.1, 0.15) is 45.1 Å². The molecule has 0 bridgehead atoms. The van der Waals surface area contributed by atoms with E-state index in [1.54, 1.807) is 0 Å². The van der Waals surface area contributed by atoms with Crippen LogP contribution in [0.25, 0.3) is 0 Å². The first-order chi connectivity index (χ1) is 13.5. The molecule has 0 spiro atoms. The molecule has 152 valence electrons. The Hall–Kier alpha value is -2.37. The number of carbonyl (C=O) groups is 3. The Labute approximate surface area is 166 Å². The van der Waals surface area contributed by atoms with Crippen LogP contribution in [0.4, 0.5) is 0 Å². The number of amides is 2. The molecule has 2 fully saturated rings. The second-order valence-electron chi connectivity index (χ2n) is 8.15. The van der Waals surface area contributed by atoms with Crippen LogP contribution in [-0.2, 0) is 25.7 Å². The Morgan fingerprint density at radius 1 is 1.18 bits per heavy atom. The van der Waals surface area contributed by atoms with Crippen LogP contribution in [0.3, 0.4) is 0 Å². The van der Waals surface area contributed by atoms with Crippen molar-refractivity contribution in [2.24, 2.45) is 17.8 Å². The second kappa shape index (κ2) is 9.22. The summed E-state index contributed by atoms with van der Waals surface area (Å²) in [4.78, 5) is 38.6. The fourth-order valence-corrected chi connectivity index (χ4v) is 4.31. The fraction of sp³-hybridized carbons (Fsp3) is 0.591. The molecule has 0 radical (unpaired) electrons. The van der Waals surface area contributed by atoms with Gasteiger partial charge in [-0.15, -0.1) is 0 Å². The van der Waals surface area contributed by atoms with E-state index < -0.39 is 11.9 Å². The van der Waals surface area contributed by atoms with Crippen molar-refractivity contribution in [1.29, 1.82) is 0 Å². The number of esters is 1. The summed E-state index contributed by atoms with van der Waals surface area (Å²) in [5, 5.41) is 2.73. The van der Waals surface area contributed by atoms with Crippen LogP contribution >= 0.6 is 0 Å². The van der Waals surface area contributed by atoms with E-state index in [-0.39, 0.29) is 30.9 Å². The number of hydrogen-bond donors (Lipinski definition) is 1. The molecule has 1 aliphatic heterocycles. The summed E-state index contributed by atoms with van der Waals surface area (Å²) in [6.45, 7) is 4.92. The highest BCUT2D eigenvalue weighted by Crippen LogP contribution is 2.35. The third kappa shape index (κ3) is 4.91. The molecule has 1 aliphatic carbocycles. The van der Waals surface area contributed by atoms with E-state index in [0.717, 1.165) is 18.4 Å². The Morgan fingerprint density at radius 3 is 2.68 bits per heavy atom. The first-order valence-corrected chi connectivity index (χ1v) is 10.2. The molecule has 1 saturated heterocycles. The van der Waals surface area contributed by atoms with Gasteiger partial charge in [0.25, 0.3) is 5.91 Å². The maximum atomic E-state index is 12.5. The monoisotopic (exact) mass is 386 g/mol. The number of hydrogen-bond acceptors (Lipinski definition) is 4. The van der Waals surface area contributed by atoms with E-state index >= 15 is 0 Å². The van der Waals surface area contributed by atoms with Gasteiger partial charge in [0.15, 0.2) is 6.61 Å². The molecule has 6 nitrogen and oxygen atoms in total. The molecule has 0 unspecified atom stereocenters. The third-order valence-electron chi connectivity index (χ3n) is 6.23. The molecular formula is C22H30N2O4. The van der Waals surface area contributed by atoms with Gasteiger partial charge in [-0.25, -0.2) is 0 Å². The molecule has 1 heterocycles. The molecule has 1 aromatic rings. The zero-order chi connectivity index (χ0) is 20.1. The molecule has 4 atom stereocenters. The molecule has 3 rings (SSSR count). The topological polar surface area (TPSA) is 75.7 Å². The molecule has 1 saturated carbocycles. The largest absolute Gasteiger partial charge is 0.455 e. The molecule has 1 aromatic carbocycles. The fourth-order valence-electron chi connectivity index (χ4n) is 4.31. The smallest absolute Gasteiger partial charge is 0.311 e. The van der Waals surface area contributed by atoms with Gasteiger partial charge in [-0.3, -0.25) is 14.4 Å². The number of nitrogens with one attached hydrogen (secondary N) is 1. The van der Waals surface area contributed by atoms with E-state index in [0.29, 0.717) is 24.9 Å². The molecule has 2 aliphatic rings. The van der Waals surface area contributed by atoms with Crippen LogP contribution in [0.5, 0.6) is 0 Å². The predicted octanol–water partition coefficient (Wildman–Crippen LogP) is 2.52. The molecule has 28 heavy (non-hydrogen) atoms. The standard InChI is InChI=1S/C22H30N2O4/c1-15-7-6-10-19(16(15)2)24-13-18(11-21(24)26)22(27)28-14-20(25)23-12-17-8-4-3-5-9-17/h3-5,8-9,15-16,18-19H,6-7,10-14H2,1-2H3,(H,23,25)/t15-,16+,18+,19+/m0/s1. The van der Waals surface area contributed by atoms with Gasteiger partial charge in [0.1, 0.15) is 0 Å².